The molecule has 3 nitrogen and oxygen atoms in total. The summed E-state index contributed by atoms with van der Waals surface area (Å²) in [5, 5.41) is 5.65. The fraction of sp³-hybridized carbons (Fsp3) is 0.158. The van der Waals surface area contributed by atoms with Crippen LogP contribution in [-0.2, 0) is 17.4 Å². The third kappa shape index (κ3) is 4.29. The predicted molar refractivity (Wildman–Crippen MR) is 96.1 cm³/mol. The molecule has 3 rings (SSSR count). The number of carbonyl (C=O) groups excluding carboxylic acids is 1. The minimum Gasteiger partial charge on any atom is -0.325 e. The first kappa shape index (κ1) is 18.1. The van der Waals surface area contributed by atoms with Gasteiger partial charge in [-0.05, 0) is 30.7 Å². The van der Waals surface area contributed by atoms with Crippen molar-refractivity contribution in [2.45, 2.75) is 19.5 Å². The van der Waals surface area contributed by atoms with Crippen LogP contribution in [0.2, 0.25) is 0 Å². The molecule has 0 radical (unpaired) electrons. The van der Waals surface area contributed by atoms with Gasteiger partial charge in [0, 0.05) is 10.9 Å². The van der Waals surface area contributed by atoms with Crippen molar-refractivity contribution < 1.29 is 18.0 Å². The van der Waals surface area contributed by atoms with Crippen LogP contribution < -0.4 is 5.32 Å². The van der Waals surface area contributed by atoms with Crippen LogP contribution in [0.3, 0.4) is 0 Å². The minimum atomic E-state index is -4.38. The number of para-hydroxylation sites is 1. The molecule has 0 unspecified atom stereocenters. The third-order valence-electron chi connectivity index (χ3n) is 3.74. The standard InChI is InChI=1S/C19H15F3N2OS/c1-12-23-17(11-26-12)15-4-2-3-5-16(15)24-18(25)10-13-6-8-14(9-7-13)19(20,21)22/h2-9,11H,10H2,1H3,(H,24,25). The van der Waals surface area contributed by atoms with E-state index in [4.69, 9.17) is 0 Å². The van der Waals surface area contributed by atoms with Gasteiger partial charge in [0.15, 0.2) is 0 Å². The van der Waals surface area contributed by atoms with Crippen molar-refractivity contribution in [3.63, 3.8) is 0 Å². The van der Waals surface area contributed by atoms with E-state index in [1.54, 1.807) is 12.1 Å². The monoisotopic (exact) mass is 376 g/mol. The van der Waals surface area contributed by atoms with Crippen molar-refractivity contribution in [2.24, 2.45) is 0 Å². The Morgan fingerprint density at radius 3 is 2.42 bits per heavy atom. The number of benzene rings is 2. The van der Waals surface area contributed by atoms with Crippen molar-refractivity contribution in [1.29, 1.82) is 0 Å². The van der Waals surface area contributed by atoms with E-state index in [1.165, 1.54) is 23.5 Å². The van der Waals surface area contributed by atoms with Crippen LogP contribution in [0.4, 0.5) is 18.9 Å². The zero-order chi connectivity index (χ0) is 18.7. The normalized spacial score (nSPS) is 11.4. The van der Waals surface area contributed by atoms with Crippen molar-refractivity contribution in [3.05, 3.63) is 70.0 Å². The fourth-order valence-corrected chi connectivity index (χ4v) is 3.11. The lowest BCUT2D eigenvalue weighted by Gasteiger charge is -2.10. The van der Waals surface area contributed by atoms with E-state index in [0.717, 1.165) is 28.4 Å². The van der Waals surface area contributed by atoms with Gasteiger partial charge in [-0.25, -0.2) is 4.98 Å². The minimum absolute atomic E-state index is 0.0113. The molecule has 26 heavy (non-hydrogen) atoms. The van der Waals surface area contributed by atoms with Gasteiger partial charge in [0.25, 0.3) is 0 Å². The molecule has 2 aromatic carbocycles. The molecule has 0 atom stereocenters. The summed E-state index contributed by atoms with van der Waals surface area (Å²) in [7, 11) is 0. The van der Waals surface area contributed by atoms with Crippen molar-refractivity contribution >= 4 is 22.9 Å². The zero-order valence-corrected chi connectivity index (χ0v) is 14.6. The molecule has 0 bridgehead atoms. The van der Waals surface area contributed by atoms with E-state index in [-0.39, 0.29) is 12.3 Å². The van der Waals surface area contributed by atoms with Gasteiger partial charge in [-0.1, -0.05) is 30.3 Å². The summed E-state index contributed by atoms with van der Waals surface area (Å²) in [6.07, 6.45) is -4.39. The number of amides is 1. The molecular formula is C19H15F3N2OS. The Bertz CT molecular complexity index is 917. The van der Waals surface area contributed by atoms with Crippen molar-refractivity contribution in [3.8, 4) is 11.3 Å². The molecule has 1 aromatic heterocycles. The van der Waals surface area contributed by atoms with E-state index in [1.807, 2.05) is 24.4 Å². The second-order valence-corrected chi connectivity index (χ2v) is 6.78. The Hall–Kier alpha value is -2.67. The number of nitrogens with zero attached hydrogens (tertiary/aromatic N) is 1. The smallest absolute Gasteiger partial charge is 0.325 e. The molecule has 0 aliphatic carbocycles. The Kier molecular flexibility index (Phi) is 5.08. The van der Waals surface area contributed by atoms with Gasteiger partial charge in [0.05, 0.1) is 28.4 Å². The van der Waals surface area contributed by atoms with Gasteiger partial charge in [-0.15, -0.1) is 11.3 Å². The van der Waals surface area contributed by atoms with E-state index < -0.39 is 11.7 Å². The summed E-state index contributed by atoms with van der Waals surface area (Å²) in [5.74, 6) is -0.302. The molecule has 0 saturated carbocycles. The lowest BCUT2D eigenvalue weighted by molar-refractivity contribution is -0.137. The number of aryl methyl sites for hydroxylation is 1. The van der Waals surface area contributed by atoms with Gasteiger partial charge in [-0.2, -0.15) is 13.2 Å². The molecule has 1 amide bonds. The van der Waals surface area contributed by atoms with Crippen LogP contribution in [0, 0.1) is 6.92 Å². The summed E-state index contributed by atoms with van der Waals surface area (Å²) in [5.41, 5.74) is 1.98. The number of alkyl halides is 3. The summed E-state index contributed by atoms with van der Waals surface area (Å²) < 4.78 is 37.8. The number of carbonyl (C=O) groups is 1. The first-order chi connectivity index (χ1) is 12.3. The number of rotatable bonds is 4. The first-order valence-corrected chi connectivity index (χ1v) is 8.68. The molecule has 1 N–H and O–H groups in total. The molecule has 0 aliphatic rings. The number of thiazole rings is 1. The van der Waals surface area contributed by atoms with Crippen LogP contribution in [0.5, 0.6) is 0 Å². The maximum absolute atomic E-state index is 12.6. The number of hydrogen-bond acceptors (Lipinski definition) is 3. The summed E-state index contributed by atoms with van der Waals surface area (Å²) in [6, 6.07) is 11.9. The molecule has 1 heterocycles. The summed E-state index contributed by atoms with van der Waals surface area (Å²) in [6.45, 7) is 1.90. The van der Waals surface area contributed by atoms with Crippen molar-refractivity contribution in [2.75, 3.05) is 5.32 Å². The SMILES string of the molecule is Cc1nc(-c2ccccc2NC(=O)Cc2ccc(C(F)(F)F)cc2)cs1. The number of anilines is 1. The highest BCUT2D eigenvalue weighted by atomic mass is 32.1. The second kappa shape index (κ2) is 7.29. The van der Waals surface area contributed by atoms with Crippen LogP contribution >= 0.6 is 11.3 Å². The first-order valence-electron chi connectivity index (χ1n) is 7.80. The molecule has 0 fully saturated rings. The fourth-order valence-electron chi connectivity index (χ4n) is 2.49. The van der Waals surface area contributed by atoms with Gasteiger partial charge in [0.1, 0.15) is 0 Å². The van der Waals surface area contributed by atoms with Gasteiger partial charge >= 0.3 is 6.18 Å². The Balaban J connectivity index is 1.73. The van der Waals surface area contributed by atoms with E-state index in [0.29, 0.717) is 11.3 Å². The maximum Gasteiger partial charge on any atom is 0.416 e. The van der Waals surface area contributed by atoms with Crippen LogP contribution in [0.25, 0.3) is 11.3 Å². The second-order valence-electron chi connectivity index (χ2n) is 5.72. The van der Waals surface area contributed by atoms with Gasteiger partial charge in [-0.3, -0.25) is 4.79 Å². The highest BCUT2D eigenvalue weighted by molar-refractivity contribution is 7.09. The van der Waals surface area contributed by atoms with E-state index in [9.17, 15) is 18.0 Å². The highest BCUT2D eigenvalue weighted by Gasteiger charge is 2.29. The van der Waals surface area contributed by atoms with Gasteiger partial charge in [0.2, 0.25) is 5.91 Å². The topological polar surface area (TPSA) is 42.0 Å². The Morgan fingerprint density at radius 2 is 1.81 bits per heavy atom. The highest BCUT2D eigenvalue weighted by Crippen LogP contribution is 2.30. The quantitative estimate of drug-likeness (QED) is 0.670. The molecule has 3 aromatic rings. The predicted octanol–water partition coefficient (Wildman–Crippen LogP) is 5.32. The lowest BCUT2D eigenvalue weighted by Crippen LogP contribution is -2.15. The Morgan fingerprint density at radius 1 is 1.12 bits per heavy atom. The lowest BCUT2D eigenvalue weighted by atomic mass is 10.1. The number of nitrogens with one attached hydrogen (secondary N) is 1. The third-order valence-corrected chi connectivity index (χ3v) is 4.52. The number of halogens is 3. The molecular weight excluding hydrogens is 361 g/mol. The molecule has 134 valence electrons. The van der Waals surface area contributed by atoms with Crippen LogP contribution in [0.1, 0.15) is 16.1 Å². The van der Waals surface area contributed by atoms with Gasteiger partial charge < -0.3 is 5.32 Å². The van der Waals surface area contributed by atoms with E-state index >= 15 is 0 Å². The summed E-state index contributed by atoms with van der Waals surface area (Å²) in [4.78, 5) is 16.7. The molecule has 0 aliphatic heterocycles. The van der Waals surface area contributed by atoms with Crippen molar-refractivity contribution in [1.82, 2.24) is 4.98 Å². The average Bonchev–Trinajstić information content (AvgIpc) is 3.01. The number of hydrogen-bond donors (Lipinski definition) is 1. The Labute approximate surface area is 152 Å². The van der Waals surface area contributed by atoms with Crippen LogP contribution in [0.15, 0.2) is 53.9 Å². The zero-order valence-electron chi connectivity index (χ0n) is 13.8. The van der Waals surface area contributed by atoms with Crippen LogP contribution in [-0.4, -0.2) is 10.9 Å². The molecule has 0 spiro atoms. The molecule has 7 heteroatoms. The molecule has 0 saturated heterocycles. The van der Waals surface area contributed by atoms with E-state index in [2.05, 4.69) is 10.3 Å². The maximum atomic E-state index is 12.6. The number of aromatic nitrogens is 1. The summed E-state index contributed by atoms with van der Waals surface area (Å²) >= 11 is 1.52. The largest absolute Gasteiger partial charge is 0.416 e. The average molecular weight is 376 g/mol.